The summed E-state index contributed by atoms with van der Waals surface area (Å²) >= 11 is 0. The summed E-state index contributed by atoms with van der Waals surface area (Å²) in [7, 11) is 0. The Balaban J connectivity index is 1.47. The maximum absolute atomic E-state index is 14.1. The molecule has 168 valence electrons. The van der Waals surface area contributed by atoms with E-state index in [-0.39, 0.29) is 17.4 Å². The largest absolute Gasteiger partial charge is 0.366 e. The van der Waals surface area contributed by atoms with Crippen LogP contribution in [0.2, 0.25) is 0 Å². The van der Waals surface area contributed by atoms with Gasteiger partial charge in [-0.1, -0.05) is 29.8 Å². The minimum Gasteiger partial charge on any atom is -0.366 e. The number of fused-ring (bicyclic) bond motifs is 1. The number of benzene rings is 2. The molecule has 0 bridgehead atoms. The molecular weight excluding hydrogens is 419 g/mol. The number of hydrogen-bond donors (Lipinski definition) is 3. The Labute approximate surface area is 191 Å². The Bertz CT molecular complexity index is 1370. The molecule has 0 aliphatic heterocycles. The molecule has 33 heavy (non-hydrogen) atoms. The summed E-state index contributed by atoms with van der Waals surface area (Å²) < 4.78 is 14.1. The molecule has 6 nitrogen and oxygen atoms in total. The van der Waals surface area contributed by atoms with Crippen LogP contribution in [-0.2, 0) is 6.42 Å². The lowest BCUT2D eigenvalue weighted by atomic mass is 9.98. The summed E-state index contributed by atoms with van der Waals surface area (Å²) in [5.41, 5.74) is 11.9. The van der Waals surface area contributed by atoms with Crippen LogP contribution in [0.1, 0.15) is 43.2 Å². The number of carbonyl (C=O) groups is 2. The number of nitrogens with zero attached hydrogens (tertiary/aromatic N) is 1. The first-order valence-corrected chi connectivity index (χ1v) is 10.7. The van der Waals surface area contributed by atoms with Gasteiger partial charge in [0.2, 0.25) is 5.91 Å². The number of halogens is 1. The number of aromatic amines is 1. The van der Waals surface area contributed by atoms with Gasteiger partial charge >= 0.3 is 0 Å². The van der Waals surface area contributed by atoms with Crippen LogP contribution in [-0.4, -0.2) is 28.3 Å². The van der Waals surface area contributed by atoms with Crippen molar-refractivity contribution >= 4 is 22.7 Å². The fourth-order valence-corrected chi connectivity index (χ4v) is 4.15. The van der Waals surface area contributed by atoms with E-state index in [4.69, 9.17) is 5.73 Å². The van der Waals surface area contributed by atoms with E-state index in [0.29, 0.717) is 35.2 Å². The van der Waals surface area contributed by atoms with Crippen molar-refractivity contribution in [2.75, 3.05) is 6.54 Å². The third-order valence-corrected chi connectivity index (χ3v) is 5.84. The second-order valence-corrected chi connectivity index (χ2v) is 8.19. The highest BCUT2D eigenvalue weighted by Crippen LogP contribution is 2.28. The van der Waals surface area contributed by atoms with Gasteiger partial charge in [0, 0.05) is 34.9 Å². The molecule has 0 spiro atoms. The second kappa shape index (κ2) is 8.86. The summed E-state index contributed by atoms with van der Waals surface area (Å²) in [6.07, 6.45) is 2.12. The average Bonchev–Trinajstić information content (AvgIpc) is 3.13. The maximum Gasteiger partial charge on any atom is 0.269 e. The quantitative estimate of drug-likeness (QED) is 0.412. The number of hydrogen-bond acceptors (Lipinski definition) is 3. The zero-order chi connectivity index (χ0) is 23.7. The molecule has 7 heteroatoms. The normalized spacial score (nSPS) is 11.0. The van der Waals surface area contributed by atoms with Gasteiger partial charge in [-0.25, -0.2) is 4.39 Å². The molecule has 0 saturated heterocycles. The Morgan fingerprint density at radius 2 is 1.88 bits per heavy atom. The van der Waals surface area contributed by atoms with Crippen molar-refractivity contribution in [3.63, 3.8) is 0 Å². The number of pyridine rings is 1. The first kappa shape index (κ1) is 22.2. The maximum atomic E-state index is 14.1. The number of carbonyl (C=O) groups excluding carboxylic acids is 2. The van der Waals surface area contributed by atoms with Gasteiger partial charge in [-0.05, 0) is 62.1 Å². The summed E-state index contributed by atoms with van der Waals surface area (Å²) in [5.74, 6) is -1.11. The number of H-pyrrole nitrogens is 1. The van der Waals surface area contributed by atoms with Gasteiger partial charge in [-0.15, -0.1) is 0 Å². The zero-order valence-electron chi connectivity index (χ0n) is 18.8. The van der Waals surface area contributed by atoms with Crippen molar-refractivity contribution in [3.05, 3.63) is 88.1 Å². The second-order valence-electron chi connectivity index (χ2n) is 8.19. The lowest BCUT2D eigenvalue weighted by molar-refractivity contribution is 0.0948. The molecule has 2 aromatic heterocycles. The number of rotatable bonds is 6. The Morgan fingerprint density at radius 3 is 2.58 bits per heavy atom. The van der Waals surface area contributed by atoms with E-state index in [1.54, 1.807) is 30.5 Å². The molecule has 2 aromatic carbocycles. The van der Waals surface area contributed by atoms with Gasteiger partial charge in [0.15, 0.2) is 0 Å². The van der Waals surface area contributed by atoms with Crippen LogP contribution < -0.4 is 11.1 Å². The molecule has 0 saturated carbocycles. The van der Waals surface area contributed by atoms with Gasteiger partial charge in [0.05, 0.1) is 5.52 Å². The number of aromatic nitrogens is 2. The summed E-state index contributed by atoms with van der Waals surface area (Å²) in [6, 6.07) is 12.0. The molecule has 0 aliphatic rings. The van der Waals surface area contributed by atoms with E-state index in [2.05, 4.69) is 15.3 Å². The molecule has 0 radical (unpaired) electrons. The number of amides is 2. The highest BCUT2D eigenvalue weighted by molar-refractivity contribution is 6.00. The topological polar surface area (TPSA) is 101 Å². The van der Waals surface area contributed by atoms with Crippen molar-refractivity contribution in [3.8, 4) is 11.1 Å². The first-order valence-electron chi connectivity index (χ1n) is 10.7. The molecular formula is C26H25FN4O2. The number of nitrogens with one attached hydrogen (secondary N) is 2. The molecule has 0 fully saturated rings. The molecule has 4 rings (SSSR count). The van der Waals surface area contributed by atoms with Gasteiger partial charge in [-0.3, -0.25) is 14.6 Å². The summed E-state index contributed by atoms with van der Waals surface area (Å²) in [6.45, 7) is 6.12. The van der Waals surface area contributed by atoms with Crippen LogP contribution in [0.25, 0.3) is 22.0 Å². The smallest absolute Gasteiger partial charge is 0.269 e. The van der Waals surface area contributed by atoms with Crippen LogP contribution in [0.15, 0.2) is 48.7 Å². The SMILES string of the molecule is Cc1ccc(-c2ccc(C(=O)NCCc3c(C)[nH]c4c(F)ccc(C)c34)nc2)c(C(N)=O)c1. The van der Waals surface area contributed by atoms with E-state index >= 15 is 0 Å². The predicted octanol–water partition coefficient (Wildman–Crippen LogP) is 4.37. The third-order valence-electron chi connectivity index (χ3n) is 5.84. The molecule has 0 aliphatic carbocycles. The van der Waals surface area contributed by atoms with E-state index in [1.165, 1.54) is 6.07 Å². The Morgan fingerprint density at radius 1 is 1.09 bits per heavy atom. The monoisotopic (exact) mass is 444 g/mol. The fourth-order valence-electron chi connectivity index (χ4n) is 4.15. The van der Waals surface area contributed by atoms with Crippen molar-refractivity contribution in [2.45, 2.75) is 27.2 Å². The van der Waals surface area contributed by atoms with Crippen LogP contribution in [0.4, 0.5) is 4.39 Å². The Hall–Kier alpha value is -4.00. The van der Waals surface area contributed by atoms with Crippen molar-refractivity contribution in [1.29, 1.82) is 0 Å². The molecule has 2 amide bonds. The van der Waals surface area contributed by atoms with Gasteiger partial charge < -0.3 is 16.0 Å². The number of aryl methyl sites for hydroxylation is 3. The van der Waals surface area contributed by atoms with Gasteiger partial charge in [0.1, 0.15) is 11.5 Å². The van der Waals surface area contributed by atoms with Crippen LogP contribution in [0.3, 0.4) is 0 Å². The molecule has 2 heterocycles. The van der Waals surface area contributed by atoms with E-state index in [9.17, 15) is 14.0 Å². The highest BCUT2D eigenvalue weighted by Gasteiger charge is 2.15. The summed E-state index contributed by atoms with van der Waals surface area (Å²) in [4.78, 5) is 31.8. The zero-order valence-corrected chi connectivity index (χ0v) is 18.8. The predicted molar refractivity (Wildman–Crippen MR) is 127 cm³/mol. The first-order chi connectivity index (χ1) is 15.8. The third kappa shape index (κ3) is 4.35. The Kier molecular flexibility index (Phi) is 5.96. The fraction of sp³-hybridized carbons (Fsp3) is 0.192. The van der Waals surface area contributed by atoms with Crippen LogP contribution in [0, 0.1) is 26.6 Å². The van der Waals surface area contributed by atoms with E-state index in [1.807, 2.05) is 32.9 Å². The van der Waals surface area contributed by atoms with Crippen molar-refractivity contribution in [1.82, 2.24) is 15.3 Å². The van der Waals surface area contributed by atoms with E-state index in [0.717, 1.165) is 27.8 Å². The van der Waals surface area contributed by atoms with Crippen molar-refractivity contribution < 1.29 is 14.0 Å². The minimum atomic E-state index is -0.516. The van der Waals surface area contributed by atoms with Gasteiger partial charge in [-0.2, -0.15) is 0 Å². The lowest BCUT2D eigenvalue weighted by Gasteiger charge is -2.09. The number of nitrogens with two attached hydrogens (primary N) is 1. The number of primary amides is 1. The van der Waals surface area contributed by atoms with Crippen molar-refractivity contribution in [2.24, 2.45) is 5.73 Å². The van der Waals surface area contributed by atoms with Crippen LogP contribution in [0.5, 0.6) is 0 Å². The van der Waals surface area contributed by atoms with E-state index < -0.39 is 5.91 Å². The molecule has 4 aromatic rings. The highest BCUT2D eigenvalue weighted by atomic mass is 19.1. The van der Waals surface area contributed by atoms with Gasteiger partial charge in [0.25, 0.3) is 5.91 Å². The standard InChI is InChI=1S/C26H25FN4O2/c1-14-4-7-19(20(12-14)25(28)32)17-6-9-22(30-13-17)26(33)29-11-10-18-16(3)31-24-21(27)8-5-15(2)23(18)24/h4-9,12-13,31H,10-11H2,1-3H3,(H2,28,32)(H,29,33). The molecule has 4 N–H and O–H groups in total. The van der Waals surface area contributed by atoms with Crippen LogP contribution >= 0.6 is 0 Å². The minimum absolute atomic E-state index is 0.268. The average molecular weight is 445 g/mol. The molecule has 0 unspecified atom stereocenters. The molecule has 0 atom stereocenters. The lowest BCUT2D eigenvalue weighted by Crippen LogP contribution is -2.26. The summed E-state index contributed by atoms with van der Waals surface area (Å²) in [5, 5.41) is 3.74.